The van der Waals surface area contributed by atoms with Gasteiger partial charge in [-0.1, -0.05) is 91.0 Å². The monoisotopic (exact) mass is 712 g/mol. The van der Waals surface area contributed by atoms with E-state index >= 15 is 0 Å². The van der Waals surface area contributed by atoms with Gasteiger partial charge in [-0.05, 0) is 94.5 Å². The molecule has 0 aliphatic rings. The summed E-state index contributed by atoms with van der Waals surface area (Å²) in [6.07, 6.45) is 3.61. The van der Waals surface area contributed by atoms with E-state index in [-0.39, 0.29) is 0 Å². The zero-order chi connectivity index (χ0) is 37.8. The van der Waals surface area contributed by atoms with Crippen molar-refractivity contribution in [1.29, 1.82) is 10.5 Å². The molecule has 0 spiro atoms. The molecule has 0 aliphatic carbocycles. The van der Waals surface area contributed by atoms with Crippen molar-refractivity contribution in [2.75, 3.05) is 0 Å². The molecule has 10 aromatic rings. The highest BCUT2D eigenvalue weighted by Gasteiger charge is 2.24. The van der Waals surface area contributed by atoms with E-state index in [1.165, 1.54) is 0 Å². The normalized spacial score (nSPS) is 11.2. The number of benzene rings is 7. The lowest BCUT2D eigenvalue weighted by atomic mass is 9.98. The van der Waals surface area contributed by atoms with Crippen LogP contribution in [0.4, 0.5) is 5.69 Å². The number of aromatic nitrogens is 3. The van der Waals surface area contributed by atoms with Crippen LogP contribution in [-0.2, 0) is 0 Å². The second kappa shape index (κ2) is 13.0. The fourth-order valence-electron chi connectivity index (χ4n) is 8.29. The molecule has 0 amide bonds. The number of nitriles is 2. The average molecular weight is 713 g/mol. The van der Waals surface area contributed by atoms with E-state index in [1.807, 2.05) is 97.1 Å². The van der Waals surface area contributed by atoms with Crippen molar-refractivity contribution < 1.29 is 0 Å². The largest absolute Gasteiger partial charge is 0.308 e. The molecule has 0 radical (unpaired) electrons. The van der Waals surface area contributed by atoms with Crippen LogP contribution in [0.1, 0.15) is 11.1 Å². The lowest BCUT2D eigenvalue weighted by molar-refractivity contribution is 1.13. The van der Waals surface area contributed by atoms with Crippen LogP contribution in [0.15, 0.2) is 170 Å². The predicted molar refractivity (Wildman–Crippen MR) is 225 cm³/mol. The Kier molecular flexibility index (Phi) is 7.53. The van der Waals surface area contributed by atoms with E-state index < -0.39 is 0 Å². The Hall–Kier alpha value is -8.24. The van der Waals surface area contributed by atoms with Crippen molar-refractivity contribution >= 4 is 49.3 Å². The van der Waals surface area contributed by atoms with Gasteiger partial charge in [-0.2, -0.15) is 10.5 Å². The van der Waals surface area contributed by atoms with Gasteiger partial charge in [-0.3, -0.25) is 4.98 Å². The standard InChI is InChI=1S/C50H28N6/c1-53-43-15-7-4-12-38(43)35-19-21-47-42(29-35)40-14-6-9-17-45(40)56(47)49-27-32(30-51)26-48(50(49)33-22-24-54-25-23-33)55-44-16-8-5-13-39(44)41-28-34(18-20-46(41)55)37-11-3-2-10-36(37)31-52/h2-29H. The van der Waals surface area contributed by atoms with E-state index in [2.05, 4.69) is 91.8 Å². The summed E-state index contributed by atoms with van der Waals surface area (Å²) in [4.78, 5) is 8.19. The fourth-order valence-corrected chi connectivity index (χ4v) is 8.29. The maximum Gasteiger partial charge on any atom is 0.194 e. The van der Waals surface area contributed by atoms with Crippen molar-refractivity contribution in [2.45, 2.75) is 0 Å². The zero-order valence-corrected chi connectivity index (χ0v) is 29.8. The van der Waals surface area contributed by atoms with Crippen LogP contribution in [0.25, 0.3) is 93.2 Å². The minimum Gasteiger partial charge on any atom is -0.308 e. The third-order valence-corrected chi connectivity index (χ3v) is 10.7. The second-order valence-electron chi connectivity index (χ2n) is 13.7. The van der Waals surface area contributed by atoms with Crippen LogP contribution in [0.5, 0.6) is 0 Å². The summed E-state index contributed by atoms with van der Waals surface area (Å²) >= 11 is 0. The van der Waals surface area contributed by atoms with Crippen molar-refractivity contribution in [3.05, 3.63) is 193 Å². The lowest BCUT2D eigenvalue weighted by Gasteiger charge is -2.21. The molecule has 6 heteroatoms. The van der Waals surface area contributed by atoms with Crippen LogP contribution in [-0.4, -0.2) is 14.1 Å². The van der Waals surface area contributed by atoms with Gasteiger partial charge in [-0.25, -0.2) is 4.85 Å². The summed E-state index contributed by atoms with van der Waals surface area (Å²) in [7, 11) is 0. The Bertz CT molecular complexity index is 3150. The van der Waals surface area contributed by atoms with Crippen LogP contribution < -0.4 is 0 Å². The average Bonchev–Trinajstić information content (AvgIpc) is 3.78. The van der Waals surface area contributed by atoms with Gasteiger partial charge in [0, 0.05) is 39.5 Å². The van der Waals surface area contributed by atoms with Crippen LogP contribution in [0, 0.1) is 29.2 Å². The molecule has 0 saturated carbocycles. The van der Waals surface area contributed by atoms with Gasteiger partial charge in [0.05, 0.1) is 63.3 Å². The molecule has 10 rings (SSSR count). The molecule has 7 aromatic carbocycles. The molecule has 0 bridgehead atoms. The van der Waals surface area contributed by atoms with Crippen molar-refractivity contribution in [1.82, 2.24) is 14.1 Å². The third kappa shape index (κ3) is 4.97. The van der Waals surface area contributed by atoms with E-state index in [1.54, 1.807) is 12.4 Å². The first-order valence-electron chi connectivity index (χ1n) is 18.2. The van der Waals surface area contributed by atoms with Crippen LogP contribution >= 0.6 is 0 Å². The number of pyridine rings is 1. The van der Waals surface area contributed by atoms with Gasteiger partial charge in [0.1, 0.15) is 0 Å². The predicted octanol–water partition coefficient (Wildman–Crippen LogP) is 12.6. The summed E-state index contributed by atoms with van der Waals surface area (Å²) in [5.41, 5.74) is 13.0. The number of rotatable bonds is 5. The Morgan fingerprint density at radius 2 is 1.00 bits per heavy atom. The van der Waals surface area contributed by atoms with Gasteiger partial charge in [-0.15, -0.1) is 0 Å². The number of fused-ring (bicyclic) bond motifs is 6. The molecule has 0 N–H and O–H groups in total. The Balaban J connectivity index is 1.31. The maximum absolute atomic E-state index is 10.7. The Labute approximate surface area is 322 Å². The highest BCUT2D eigenvalue weighted by atomic mass is 15.0. The first-order chi connectivity index (χ1) is 27.7. The number of para-hydroxylation sites is 3. The summed E-state index contributed by atoms with van der Waals surface area (Å²) < 4.78 is 4.53. The van der Waals surface area contributed by atoms with Gasteiger partial charge < -0.3 is 9.13 Å². The minimum atomic E-state index is 0.520. The van der Waals surface area contributed by atoms with E-state index in [9.17, 15) is 10.5 Å². The van der Waals surface area contributed by atoms with Gasteiger partial charge in [0.15, 0.2) is 5.69 Å². The van der Waals surface area contributed by atoms with Crippen molar-refractivity contribution in [3.63, 3.8) is 0 Å². The summed E-state index contributed by atoms with van der Waals surface area (Å²) in [5.74, 6) is 0. The molecule has 258 valence electrons. The molecule has 6 nitrogen and oxygen atoms in total. The molecule has 0 saturated heterocycles. The van der Waals surface area contributed by atoms with Gasteiger partial charge >= 0.3 is 0 Å². The van der Waals surface area contributed by atoms with Gasteiger partial charge in [0.25, 0.3) is 0 Å². The Morgan fingerprint density at radius 3 is 1.59 bits per heavy atom. The molecule has 0 atom stereocenters. The highest BCUT2D eigenvalue weighted by Crippen LogP contribution is 2.44. The SMILES string of the molecule is [C-]#[N+]c1ccccc1-c1ccc2c(c1)c1ccccc1n2-c1cc(C#N)cc(-n2c3ccccc3c3cc(-c4ccccc4C#N)ccc32)c1-c1ccncc1. The molecule has 0 unspecified atom stereocenters. The molecule has 3 heterocycles. The molecule has 0 aliphatic heterocycles. The van der Waals surface area contributed by atoms with Crippen LogP contribution in [0.2, 0.25) is 0 Å². The highest BCUT2D eigenvalue weighted by molar-refractivity contribution is 6.13. The molecular weight excluding hydrogens is 685 g/mol. The summed E-state index contributed by atoms with van der Waals surface area (Å²) in [5, 5.41) is 24.8. The molecule has 3 aromatic heterocycles. The summed E-state index contributed by atoms with van der Waals surface area (Å²) in [6, 6.07) is 57.7. The second-order valence-corrected chi connectivity index (χ2v) is 13.7. The van der Waals surface area contributed by atoms with E-state index in [0.29, 0.717) is 16.8 Å². The number of hydrogen-bond donors (Lipinski definition) is 0. The van der Waals surface area contributed by atoms with E-state index in [0.717, 1.165) is 88.4 Å². The third-order valence-electron chi connectivity index (χ3n) is 10.7. The molecular formula is C50H28N6. The lowest BCUT2D eigenvalue weighted by Crippen LogP contribution is -2.05. The Morgan fingerprint density at radius 1 is 0.482 bits per heavy atom. The maximum atomic E-state index is 10.7. The number of nitrogens with zero attached hydrogens (tertiary/aromatic N) is 6. The smallest absolute Gasteiger partial charge is 0.194 e. The minimum absolute atomic E-state index is 0.520. The topological polar surface area (TPSA) is 74.7 Å². The quantitative estimate of drug-likeness (QED) is 0.167. The fraction of sp³-hybridized carbons (Fsp3) is 0. The number of hydrogen-bond acceptors (Lipinski definition) is 3. The van der Waals surface area contributed by atoms with Crippen molar-refractivity contribution in [3.8, 4) is 56.9 Å². The molecule has 0 fully saturated rings. The molecule has 56 heavy (non-hydrogen) atoms. The van der Waals surface area contributed by atoms with E-state index in [4.69, 9.17) is 6.57 Å². The zero-order valence-electron chi connectivity index (χ0n) is 29.8. The first-order valence-corrected chi connectivity index (χ1v) is 18.2. The summed E-state index contributed by atoms with van der Waals surface area (Å²) in [6.45, 7) is 7.81. The van der Waals surface area contributed by atoms with Crippen LogP contribution in [0.3, 0.4) is 0 Å². The first kappa shape index (κ1) is 32.4. The van der Waals surface area contributed by atoms with Crippen molar-refractivity contribution in [2.24, 2.45) is 0 Å². The van der Waals surface area contributed by atoms with Gasteiger partial charge in [0.2, 0.25) is 0 Å².